The molecule has 70 valence electrons. The van der Waals surface area contributed by atoms with Gasteiger partial charge in [0, 0.05) is 5.69 Å². The summed E-state index contributed by atoms with van der Waals surface area (Å²) in [5.74, 6) is 0.433. The van der Waals surface area contributed by atoms with Gasteiger partial charge in [0.2, 0.25) is 6.41 Å². The minimum Gasteiger partial charge on any atom is -0.328 e. The van der Waals surface area contributed by atoms with Crippen LogP contribution in [0.2, 0.25) is 0 Å². The molecule has 0 fully saturated rings. The molecule has 13 heavy (non-hydrogen) atoms. The van der Waals surface area contributed by atoms with Gasteiger partial charge in [-0.05, 0) is 30.0 Å². The van der Waals surface area contributed by atoms with Gasteiger partial charge in [0.25, 0.3) is 0 Å². The van der Waals surface area contributed by atoms with Crippen LogP contribution in [-0.2, 0) is 4.79 Å². The molecule has 0 atom stereocenters. The number of hydrogen-bond acceptors (Lipinski definition) is 1. The van der Waals surface area contributed by atoms with Crippen LogP contribution in [0.15, 0.2) is 18.2 Å². The molecule has 0 bridgehead atoms. The first-order valence-corrected chi connectivity index (χ1v) is 4.46. The maximum absolute atomic E-state index is 10.3. The molecular formula is C11H15NO. The number of amides is 1. The minimum atomic E-state index is 0.433. The highest BCUT2D eigenvalue weighted by molar-refractivity contribution is 5.74. The number of hydrogen-bond donors (Lipinski definition) is 1. The van der Waals surface area contributed by atoms with E-state index < -0.39 is 0 Å². The van der Waals surface area contributed by atoms with Crippen LogP contribution >= 0.6 is 0 Å². The van der Waals surface area contributed by atoms with Crippen LogP contribution < -0.4 is 5.32 Å². The molecule has 0 saturated carbocycles. The lowest BCUT2D eigenvalue weighted by Crippen LogP contribution is -2.00. The Morgan fingerprint density at radius 2 is 2.08 bits per heavy atom. The van der Waals surface area contributed by atoms with E-state index in [0.717, 1.165) is 17.7 Å². The molecule has 0 aliphatic carbocycles. The monoisotopic (exact) mass is 177 g/mol. The van der Waals surface area contributed by atoms with Gasteiger partial charge in [-0.1, -0.05) is 26.0 Å². The van der Waals surface area contributed by atoms with Crippen molar-refractivity contribution < 1.29 is 4.79 Å². The Morgan fingerprint density at radius 3 is 2.62 bits per heavy atom. The summed E-state index contributed by atoms with van der Waals surface area (Å²) in [6, 6.07) is 6.11. The van der Waals surface area contributed by atoms with Gasteiger partial charge >= 0.3 is 0 Å². The van der Waals surface area contributed by atoms with E-state index in [1.54, 1.807) is 0 Å². The van der Waals surface area contributed by atoms with Gasteiger partial charge in [0.15, 0.2) is 0 Å². The Morgan fingerprint density at radius 1 is 1.38 bits per heavy atom. The third kappa shape index (κ3) is 2.31. The number of anilines is 1. The molecule has 0 spiro atoms. The molecule has 2 nitrogen and oxygen atoms in total. The highest BCUT2D eigenvalue weighted by atomic mass is 16.1. The fourth-order valence-electron chi connectivity index (χ4n) is 1.36. The van der Waals surface area contributed by atoms with Gasteiger partial charge in [-0.3, -0.25) is 4.79 Å². The Labute approximate surface area is 79.0 Å². The number of carbonyl (C=O) groups is 1. The fourth-order valence-corrected chi connectivity index (χ4v) is 1.36. The topological polar surface area (TPSA) is 29.1 Å². The van der Waals surface area contributed by atoms with Crippen molar-refractivity contribution in [2.45, 2.75) is 26.7 Å². The highest BCUT2D eigenvalue weighted by Crippen LogP contribution is 2.24. The van der Waals surface area contributed by atoms with E-state index >= 15 is 0 Å². The average Bonchev–Trinajstić information content (AvgIpc) is 2.04. The van der Waals surface area contributed by atoms with Crippen LogP contribution in [0.4, 0.5) is 5.69 Å². The molecule has 1 rings (SSSR count). The second kappa shape index (κ2) is 4.08. The summed E-state index contributed by atoms with van der Waals surface area (Å²) in [4.78, 5) is 10.3. The molecule has 0 aliphatic rings. The van der Waals surface area contributed by atoms with Crippen molar-refractivity contribution in [3.8, 4) is 0 Å². The number of benzene rings is 1. The predicted molar refractivity (Wildman–Crippen MR) is 55.0 cm³/mol. The molecule has 0 radical (unpaired) electrons. The normalized spacial score (nSPS) is 10.2. The van der Waals surface area contributed by atoms with Gasteiger partial charge in [0.1, 0.15) is 0 Å². The molecule has 0 unspecified atom stereocenters. The standard InChI is InChI=1S/C11H15NO/c1-8(2)10-5-4-9(3)6-11(10)12-7-13/h4-8H,1-3H3,(H,12,13). The molecule has 2 heteroatoms. The third-order valence-electron chi connectivity index (χ3n) is 2.05. The van der Waals surface area contributed by atoms with Gasteiger partial charge in [-0.25, -0.2) is 0 Å². The predicted octanol–water partition coefficient (Wildman–Crippen LogP) is 2.69. The Hall–Kier alpha value is -1.31. The summed E-state index contributed by atoms with van der Waals surface area (Å²) in [5, 5.41) is 2.72. The van der Waals surface area contributed by atoms with Gasteiger partial charge < -0.3 is 5.32 Å². The zero-order valence-electron chi connectivity index (χ0n) is 8.29. The first-order valence-electron chi connectivity index (χ1n) is 4.46. The van der Waals surface area contributed by atoms with E-state index in [2.05, 4.69) is 31.3 Å². The molecule has 1 amide bonds. The van der Waals surface area contributed by atoms with E-state index in [1.807, 2.05) is 13.0 Å². The summed E-state index contributed by atoms with van der Waals surface area (Å²) in [6.45, 7) is 6.24. The zero-order valence-corrected chi connectivity index (χ0v) is 8.29. The van der Waals surface area contributed by atoms with Crippen molar-refractivity contribution in [2.24, 2.45) is 0 Å². The van der Waals surface area contributed by atoms with Gasteiger partial charge in [0.05, 0.1) is 0 Å². The van der Waals surface area contributed by atoms with Crippen molar-refractivity contribution in [3.63, 3.8) is 0 Å². The summed E-state index contributed by atoms with van der Waals surface area (Å²) in [5.41, 5.74) is 3.26. The lowest BCUT2D eigenvalue weighted by molar-refractivity contribution is -0.105. The van der Waals surface area contributed by atoms with Crippen molar-refractivity contribution >= 4 is 12.1 Å². The average molecular weight is 177 g/mol. The number of nitrogens with one attached hydrogen (secondary N) is 1. The lowest BCUT2D eigenvalue weighted by atomic mass is 9.99. The van der Waals surface area contributed by atoms with Crippen LogP contribution in [-0.4, -0.2) is 6.41 Å². The van der Waals surface area contributed by atoms with Crippen LogP contribution in [0.25, 0.3) is 0 Å². The third-order valence-corrected chi connectivity index (χ3v) is 2.05. The van der Waals surface area contributed by atoms with Crippen molar-refractivity contribution in [3.05, 3.63) is 29.3 Å². The SMILES string of the molecule is Cc1ccc(C(C)C)c(NC=O)c1. The summed E-state index contributed by atoms with van der Waals surface area (Å²) in [6.07, 6.45) is 0.723. The molecule has 0 heterocycles. The number of aryl methyl sites for hydroxylation is 1. The second-order valence-electron chi connectivity index (χ2n) is 3.51. The summed E-state index contributed by atoms with van der Waals surface area (Å²) in [7, 11) is 0. The summed E-state index contributed by atoms with van der Waals surface area (Å²) < 4.78 is 0. The van der Waals surface area contributed by atoms with Crippen LogP contribution in [0, 0.1) is 6.92 Å². The van der Waals surface area contributed by atoms with E-state index in [1.165, 1.54) is 5.56 Å². The van der Waals surface area contributed by atoms with E-state index in [0.29, 0.717) is 5.92 Å². The number of rotatable bonds is 3. The Bertz CT molecular complexity index is 305. The Kier molecular flexibility index (Phi) is 3.07. The van der Waals surface area contributed by atoms with E-state index in [-0.39, 0.29) is 0 Å². The molecule has 0 aromatic heterocycles. The molecule has 0 aliphatic heterocycles. The summed E-state index contributed by atoms with van der Waals surface area (Å²) >= 11 is 0. The molecular weight excluding hydrogens is 162 g/mol. The van der Waals surface area contributed by atoms with Crippen LogP contribution in [0.1, 0.15) is 30.9 Å². The van der Waals surface area contributed by atoms with Crippen LogP contribution in [0.3, 0.4) is 0 Å². The van der Waals surface area contributed by atoms with Crippen molar-refractivity contribution in [1.29, 1.82) is 0 Å². The maximum atomic E-state index is 10.3. The zero-order chi connectivity index (χ0) is 9.84. The van der Waals surface area contributed by atoms with Crippen LogP contribution in [0.5, 0.6) is 0 Å². The van der Waals surface area contributed by atoms with Gasteiger partial charge in [-0.15, -0.1) is 0 Å². The molecule has 1 N–H and O–H groups in total. The fraction of sp³-hybridized carbons (Fsp3) is 0.364. The maximum Gasteiger partial charge on any atom is 0.211 e. The molecule has 0 saturated heterocycles. The molecule has 1 aromatic carbocycles. The quantitative estimate of drug-likeness (QED) is 0.706. The largest absolute Gasteiger partial charge is 0.328 e. The molecule has 1 aromatic rings. The van der Waals surface area contributed by atoms with E-state index in [9.17, 15) is 4.79 Å². The first kappa shape index (κ1) is 9.78. The Balaban J connectivity index is 3.10. The smallest absolute Gasteiger partial charge is 0.211 e. The lowest BCUT2D eigenvalue weighted by Gasteiger charge is -2.12. The highest BCUT2D eigenvalue weighted by Gasteiger charge is 2.05. The second-order valence-corrected chi connectivity index (χ2v) is 3.51. The van der Waals surface area contributed by atoms with Crippen molar-refractivity contribution in [1.82, 2.24) is 0 Å². The van der Waals surface area contributed by atoms with Crippen molar-refractivity contribution in [2.75, 3.05) is 5.32 Å². The minimum absolute atomic E-state index is 0.433. The first-order chi connectivity index (χ1) is 6.15. The number of carbonyl (C=O) groups excluding carboxylic acids is 1. The van der Waals surface area contributed by atoms with E-state index in [4.69, 9.17) is 0 Å². The van der Waals surface area contributed by atoms with Gasteiger partial charge in [-0.2, -0.15) is 0 Å².